The fourth-order valence-electron chi connectivity index (χ4n) is 4.03. The van der Waals surface area contributed by atoms with Crippen LogP contribution in [0.2, 0.25) is 10.0 Å². The normalized spacial score (nSPS) is 19.3. The van der Waals surface area contributed by atoms with Crippen LogP contribution >= 0.6 is 23.2 Å². The Kier molecular flexibility index (Phi) is 6.60. The molecule has 12 heteroatoms. The van der Waals surface area contributed by atoms with Crippen LogP contribution in [-0.4, -0.2) is 40.2 Å². The smallest absolute Gasteiger partial charge is 0.387 e. The minimum atomic E-state index is -3.18. The minimum absolute atomic E-state index is 0.0715. The van der Waals surface area contributed by atoms with Gasteiger partial charge in [-0.2, -0.15) is 8.78 Å². The van der Waals surface area contributed by atoms with E-state index >= 15 is 0 Å². The van der Waals surface area contributed by atoms with Gasteiger partial charge in [-0.1, -0.05) is 42.5 Å². The lowest BCUT2D eigenvalue weighted by Gasteiger charge is -2.40. The van der Waals surface area contributed by atoms with Crippen LogP contribution < -0.4 is 20.1 Å². The number of aromatic nitrogens is 1. The first-order valence-electron chi connectivity index (χ1n) is 10.1. The lowest BCUT2D eigenvalue weighted by atomic mass is 9.80. The number of rotatable bonds is 5. The molecule has 2 amide bonds. The summed E-state index contributed by atoms with van der Waals surface area (Å²) >= 11 is 12.1. The van der Waals surface area contributed by atoms with Crippen LogP contribution in [-0.2, 0) is 4.79 Å². The number of benzene rings is 1. The molecular formula is C21H19Cl2F2N3O5. The first-order valence-corrected chi connectivity index (χ1v) is 10.9. The largest absolute Gasteiger partial charge is 0.471 e. The summed E-state index contributed by atoms with van der Waals surface area (Å²) in [6.07, 6.45) is 4.09. The van der Waals surface area contributed by atoms with Gasteiger partial charge in [0.05, 0.1) is 21.3 Å². The monoisotopic (exact) mass is 501 g/mol. The summed E-state index contributed by atoms with van der Waals surface area (Å²) in [6.45, 7) is -3.18. The summed E-state index contributed by atoms with van der Waals surface area (Å²) in [5, 5.41) is 16.2. The van der Waals surface area contributed by atoms with E-state index in [2.05, 4.69) is 20.4 Å². The molecule has 0 radical (unpaired) electrons. The second-order valence-corrected chi connectivity index (χ2v) is 8.59. The number of carbonyl (C=O) groups is 2. The van der Waals surface area contributed by atoms with Gasteiger partial charge >= 0.3 is 6.61 Å². The molecule has 176 valence electrons. The SMILES string of the molecule is O=C(Nc1c(Cl)cncc1Cl)c1ccc(OC(F)F)c2c1NC(=O)C(C1(O)CCCCC1)O2. The highest BCUT2D eigenvalue weighted by molar-refractivity contribution is 6.39. The summed E-state index contributed by atoms with van der Waals surface area (Å²) in [7, 11) is 0. The van der Waals surface area contributed by atoms with E-state index in [9.17, 15) is 23.5 Å². The van der Waals surface area contributed by atoms with Crippen molar-refractivity contribution in [2.75, 3.05) is 10.6 Å². The number of hydrogen-bond acceptors (Lipinski definition) is 6. The third-order valence-corrected chi connectivity index (χ3v) is 6.18. The Bertz CT molecular complexity index is 1080. The zero-order valence-corrected chi connectivity index (χ0v) is 18.6. The summed E-state index contributed by atoms with van der Waals surface area (Å²) in [4.78, 5) is 29.7. The van der Waals surface area contributed by atoms with Crippen LogP contribution in [0.5, 0.6) is 11.5 Å². The van der Waals surface area contributed by atoms with Crippen LogP contribution in [0.15, 0.2) is 24.5 Å². The van der Waals surface area contributed by atoms with Crippen molar-refractivity contribution in [1.29, 1.82) is 0 Å². The zero-order valence-electron chi connectivity index (χ0n) is 17.0. The molecular weight excluding hydrogens is 483 g/mol. The fraction of sp³-hybridized carbons (Fsp3) is 0.381. The van der Waals surface area contributed by atoms with Gasteiger partial charge in [0.1, 0.15) is 11.3 Å². The van der Waals surface area contributed by atoms with Crippen molar-refractivity contribution in [1.82, 2.24) is 4.98 Å². The van der Waals surface area contributed by atoms with Gasteiger partial charge in [-0.3, -0.25) is 14.6 Å². The molecule has 0 bridgehead atoms. The molecule has 2 aliphatic rings. The molecule has 1 atom stereocenters. The Morgan fingerprint density at radius 2 is 1.91 bits per heavy atom. The van der Waals surface area contributed by atoms with Gasteiger partial charge in [-0.15, -0.1) is 0 Å². The molecule has 4 rings (SSSR count). The molecule has 3 N–H and O–H groups in total. The summed E-state index contributed by atoms with van der Waals surface area (Å²) in [5.41, 5.74) is -1.68. The van der Waals surface area contributed by atoms with Gasteiger partial charge < -0.3 is 25.2 Å². The molecule has 2 heterocycles. The molecule has 1 saturated carbocycles. The number of nitrogens with one attached hydrogen (secondary N) is 2. The Hall–Kier alpha value is -2.69. The molecule has 1 unspecified atom stereocenters. The van der Waals surface area contributed by atoms with Gasteiger partial charge in [0.15, 0.2) is 11.5 Å². The van der Waals surface area contributed by atoms with E-state index in [0.717, 1.165) is 12.5 Å². The van der Waals surface area contributed by atoms with Crippen LogP contribution in [0, 0.1) is 0 Å². The van der Waals surface area contributed by atoms with Crippen LogP contribution in [0.1, 0.15) is 42.5 Å². The van der Waals surface area contributed by atoms with Gasteiger partial charge in [-0.05, 0) is 25.0 Å². The van der Waals surface area contributed by atoms with Gasteiger partial charge in [-0.25, -0.2) is 0 Å². The Balaban J connectivity index is 1.72. The average molecular weight is 502 g/mol. The number of nitrogens with zero attached hydrogens (tertiary/aromatic N) is 1. The van der Waals surface area contributed by atoms with Crippen LogP contribution in [0.25, 0.3) is 0 Å². The minimum Gasteiger partial charge on any atom is -0.471 e. The Labute approximate surface area is 197 Å². The maximum absolute atomic E-state index is 13.0. The van der Waals surface area contributed by atoms with E-state index < -0.39 is 30.1 Å². The molecule has 33 heavy (non-hydrogen) atoms. The number of aliphatic hydroxyl groups is 1. The topological polar surface area (TPSA) is 110 Å². The molecule has 1 fully saturated rings. The van der Waals surface area contributed by atoms with Crippen molar-refractivity contribution >= 4 is 46.4 Å². The van der Waals surface area contributed by atoms with E-state index in [4.69, 9.17) is 27.9 Å². The average Bonchev–Trinajstić information content (AvgIpc) is 2.76. The molecule has 1 aromatic carbocycles. The number of pyridine rings is 1. The lowest BCUT2D eigenvalue weighted by molar-refractivity contribution is -0.142. The highest BCUT2D eigenvalue weighted by Crippen LogP contribution is 2.45. The maximum Gasteiger partial charge on any atom is 0.387 e. The summed E-state index contributed by atoms with van der Waals surface area (Å²) in [5.74, 6) is -2.11. The van der Waals surface area contributed by atoms with E-state index in [1.165, 1.54) is 18.5 Å². The van der Waals surface area contributed by atoms with Crippen molar-refractivity contribution in [3.05, 3.63) is 40.1 Å². The van der Waals surface area contributed by atoms with E-state index in [-0.39, 0.29) is 38.5 Å². The van der Waals surface area contributed by atoms with Crippen molar-refractivity contribution in [2.45, 2.75) is 50.4 Å². The number of ether oxygens (including phenoxy) is 2. The second-order valence-electron chi connectivity index (χ2n) is 7.78. The Morgan fingerprint density at radius 3 is 2.55 bits per heavy atom. The fourth-order valence-corrected chi connectivity index (χ4v) is 4.49. The van der Waals surface area contributed by atoms with Crippen LogP contribution in [0.3, 0.4) is 0 Å². The van der Waals surface area contributed by atoms with Crippen molar-refractivity contribution in [3.8, 4) is 11.5 Å². The van der Waals surface area contributed by atoms with E-state index in [0.29, 0.717) is 25.7 Å². The number of hydrogen-bond donors (Lipinski definition) is 3. The lowest BCUT2D eigenvalue weighted by Crippen LogP contribution is -2.55. The number of amides is 2. The predicted octanol–water partition coefficient (Wildman–Crippen LogP) is 4.64. The molecule has 0 saturated heterocycles. The van der Waals surface area contributed by atoms with Gasteiger partial charge in [0, 0.05) is 12.4 Å². The maximum atomic E-state index is 13.0. The molecule has 0 spiro atoms. The van der Waals surface area contributed by atoms with Crippen LogP contribution in [0.4, 0.5) is 20.2 Å². The van der Waals surface area contributed by atoms with Gasteiger partial charge in [0.25, 0.3) is 11.8 Å². The number of fused-ring (bicyclic) bond motifs is 1. The predicted molar refractivity (Wildman–Crippen MR) is 116 cm³/mol. The molecule has 1 aliphatic heterocycles. The summed E-state index contributed by atoms with van der Waals surface area (Å²) < 4.78 is 36.3. The van der Waals surface area contributed by atoms with Crippen molar-refractivity contribution in [2.24, 2.45) is 0 Å². The molecule has 2 aromatic rings. The van der Waals surface area contributed by atoms with E-state index in [1.54, 1.807) is 0 Å². The molecule has 1 aliphatic carbocycles. The zero-order chi connectivity index (χ0) is 23.8. The second kappa shape index (κ2) is 9.28. The van der Waals surface area contributed by atoms with Crippen molar-refractivity contribution in [3.63, 3.8) is 0 Å². The molecule has 8 nitrogen and oxygen atoms in total. The third-order valence-electron chi connectivity index (χ3n) is 5.60. The summed E-state index contributed by atoms with van der Waals surface area (Å²) in [6, 6.07) is 2.31. The number of halogens is 4. The van der Waals surface area contributed by atoms with Gasteiger partial charge in [0.2, 0.25) is 6.10 Å². The molecule has 1 aromatic heterocycles. The van der Waals surface area contributed by atoms with E-state index in [1.807, 2.05) is 0 Å². The first-order chi connectivity index (χ1) is 15.7. The Morgan fingerprint density at radius 1 is 1.24 bits per heavy atom. The number of carbonyl (C=O) groups excluding carboxylic acids is 2. The number of alkyl halides is 2. The first kappa shape index (κ1) is 23.5. The standard InChI is InChI=1S/C21H19Cl2F2N3O5/c22-11-8-26-9-12(23)15(11)28-18(29)10-4-5-13(32-20(24)25)16-14(10)27-19(30)17(33-16)21(31)6-2-1-3-7-21/h4-5,8-9,17,20,31H,1-3,6-7H2,(H,27,30)(H,26,28,29). The quantitative estimate of drug-likeness (QED) is 0.550. The third kappa shape index (κ3) is 4.68. The highest BCUT2D eigenvalue weighted by Gasteiger charge is 2.47. The highest BCUT2D eigenvalue weighted by atomic mass is 35.5. The number of anilines is 2. The van der Waals surface area contributed by atoms with Crippen molar-refractivity contribution < 1.29 is 33.0 Å².